The van der Waals surface area contributed by atoms with E-state index in [4.69, 9.17) is 4.74 Å². The highest BCUT2D eigenvalue weighted by Crippen LogP contribution is 2.20. The second-order valence-corrected chi connectivity index (χ2v) is 6.46. The van der Waals surface area contributed by atoms with Gasteiger partial charge < -0.3 is 10.1 Å². The smallest absolute Gasteiger partial charge is 0.219 e. The maximum absolute atomic E-state index is 5.69. The molecule has 21 heavy (non-hydrogen) atoms. The Bertz CT molecular complexity index is 567. The van der Waals surface area contributed by atoms with E-state index in [-0.39, 0.29) is 5.54 Å². The Kier molecular flexibility index (Phi) is 4.63. The fraction of sp³-hybridized carbons (Fsp3) is 0.500. The summed E-state index contributed by atoms with van der Waals surface area (Å²) in [4.78, 5) is 4.33. The van der Waals surface area contributed by atoms with Crippen LogP contribution in [0.2, 0.25) is 0 Å². The van der Waals surface area contributed by atoms with Crippen molar-refractivity contribution >= 4 is 0 Å². The molecule has 0 aliphatic heterocycles. The Morgan fingerprint density at radius 3 is 2.52 bits per heavy atom. The predicted octanol–water partition coefficient (Wildman–Crippen LogP) is 3.54. The molecule has 2 aromatic heterocycles. The van der Waals surface area contributed by atoms with Gasteiger partial charge in [-0.25, -0.2) is 4.98 Å². The Hall–Kier alpha value is -1.88. The molecule has 0 atom stereocenters. The summed E-state index contributed by atoms with van der Waals surface area (Å²) >= 11 is 0. The summed E-state index contributed by atoms with van der Waals surface area (Å²) in [6.07, 6.45) is 5.42. The largest absolute Gasteiger partial charge is 0.436 e. The van der Waals surface area contributed by atoms with Gasteiger partial charge in [0.2, 0.25) is 5.88 Å². The van der Waals surface area contributed by atoms with Crippen molar-refractivity contribution in [3.63, 3.8) is 0 Å². The number of nitrogens with zero attached hydrogens (tertiary/aromatic N) is 3. The maximum Gasteiger partial charge on any atom is 0.219 e. The van der Waals surface area contributed by atoms with E-state index in [0.29, 0.717) is 17.7 Å². The minimum atomic E-state index is 0.0978. The topological polar surface area (TPSA) is 52.0 Å². The van der Waals surface area contributed by atoms with Crippen LogP contribution >= 0.6 is 0 Å². The van der Waals surface area contributed by atoms with Gasteiger partial charge in [0.1, 0.15) is 0 Å². The quantitative estimate of drug-likeness (QED) is 0.914. The minimum Gasteiger partial charge on any atom is -0.436 e. The van der Waals surface area contributed by atoms with Gasteiger partial charge in [-0.15, -0.1) is 0 Å². The van der Waals surface area contributed by atoms with Crippen molar-refractivity contribution in [2.75, 3.05) is 0 Å². The third-order valence-corrected chi connectivity index (χ3v) is 2.95. The highest BCUT2D eigenvalue weighted by atomic mass is 16.5. The van der Waals surface area contributed by atoms with Crippen LogP contribution in [0.5, 0.6) is 11.6 Å². The second-order valence-electron chi connectivity index (χ2n) is 6.46. The molecule has 5 nitrogen and oxygen atoms in total. The Balaban J connectivity index is 1.95. The van der Waals surface area contributed by atoms with Crippen LogP contribution < -0.4 is 10.1 Å². The van der Waals surface area contributed by atoms with Crippen molar-refractivity contribution in [2.45, 2.75) is 52.7 Å². The Labute approximate surface area is 126 Å². The molecule has 0 radical (unpaired) electrons. The molecule has 0 fully saturated rings. The average Bonchev–Trinajstić information content (AvgIpc) is 2.86. The molecular formula is C16H24N4O. The number of hydrogen-bond donors (Lipinski definition) is 1. The van der Waals surface area contributed by atoms with E-state index in [2.05, 4.69) is 50.0 Å². The van der Waals surface area contributed by atoms with Crippen molar-refractivity contribution in [2.24, 2.45) is 0 Å². The number of rotatable bonds is 5. The predicted molar refractivity (Wildman–Crippen MR) is 83.5 cm³/mol. The summed E-state index contributed by atoms with van der Waals surface area (Å²) in [5.74, 6) is 1.29. The lowest BCUT2D eigenvalue weighted by molar-refractivity contribution is 0.423. The number of nitrogens with one attached hydrogen (secondary N) is 1. The van der Waals surface area contributed by atoms with Crippen LogP contribution in [0, 0.1) is 0 Å². The summed E-state index contributed by atoms with van der Waals surface area (Å²) in [6.45, 7) is 11.4. The molecule has 0 saturated heterocycles. The van der Waals surface area contributed by atoms with E-state index in [1.807, 2.05) is 29.2 Å². The highest BCUT2D eigenvalue weighted by molar-refractivity contribution is 5.24. The van der Waals surface area contributed by atoms with Gasteiger partial charge in [-0.3, -0.25) is 4.68 Å². The van der Waals surface area contributed by atoms with Crippen LogP contribution in [0.15, 0.2) is 30.7 Å². The van der Waals surface area contributed by atoms with E-state index in [9.17, 15) is 0 Å². The molecule has 0 spiro atoms. The first-order valence-corrected chi connectivity index (χ1v) is 7.25. The molecule has 5 heteroatoms. The molecular weight excluding hydrogens is 264 g/mol. The number of aromatic nitrogens is 3. The minimum absolute atomic E-state index is 0.0978. The van der Waals surface area contributed by atoms with Gasteiger partial charge in [-0.05, 0) is 40.2 Å². The van der Waals surface area contributed by atoms with Gasteiger partial charge >= 0.3 is 0 Å². The molecule has 0 unspecified atom stereocenters. The first kappa shape index (κ1) is 15.5. The zero-order valence-corrected chi connectivity index (χ0v) is 13.4. The molecule has 2 aromatic rings. The second kappa shape index (κ2) is 6.26. The fourth-order valence-corrected chi connectivity index (χ4v) is 1.72. The first-order chi connectivity index (χ1) is 9.83. The van der Waals surface area contributed by atoms with E-state index in [0.717, 1.165) is 12.1 Å². The van der Waals surface area contributed by atoms with Crippen LogP contribution in [-0.2, 0) is 6.54 Å². The monoisotopic (exact) mass is 288 g/mol. The molecule has 1 N–H and O–H groups in total. The molecule has 2 rings (SSSR count). The van der Waals surface area contributed by atoms with E-state index >= 15 is 0 Å². The van der Waals surface area contributed by atoms with E-state index in [1.54, 1.807) is 6.20 Å². The van der Waals surface area contributed by atoms with Crippen LogP contribution in [0.4, 0.5) is 0 Å². The Morgan fingerprint density at radius 2 is 2.00 bits per heavy atom. The number of pyridine rings is 1. The molecule has 0 aliphatic rings. The fourth-order valence-electron chi connectivity index (χ4n) is 1.72. The van der Waals surface area contributed by atoms with E-state index < -0.39 is 0 Å². The third kappa shape index (κ3) is 4.86. The maximum atomic E-state index is 5.69. The van der Waals surface area contributed by atoms with Gasteiger partial charge in [-0.2, -0.15) is 5.10 Å². The van der Waals surface area contributed by atoms with Crippen LogP contribution in [0.3, 0.4) is 0 Å². The van der Waals surface area contributed by atoms with Gasteiger partial charge in [-0.1, -0.05) is 6.07 Å². The highest BCUT2D eigenvalue weighted by Gasteiger charge is 2.09. The average molecular weight is 288 g/mol. The normalized spacial score (nSPS) is 11.9. The molecule has 0 aromatic carbocycles. The summed E-state index contributed by atoms with van der Waals surface area (Å²) in [6, 6.07) is 4.22. The van der Waals surface area contributed by atoms with Gasteiger partial charge in [0.15, 0.2) is 5.75 Å². The third-order valence-electron chi connectivity index (χ3n) is 2.95. The van der Waals surface area contributed by atoms with Gasteiger partial charge in [0.25, 0.3) is 0 Å². The molecule has 2 heterocycles. The zero-order chi connectivity index (χ0) is 15.5. The molecule has 0 aliphatic carbocycles. The molecule has 0 saturated carbocycles. The summed E-state index contributed by atoms with van der Waals surface area (Å²) in [7, 11) is 0. The lowest BCUT2D eigenvalue weighted by Crippen LogP contribution is -2.35. The molecule has 114 valence electrons. The van der Waals surface area contributed by atoms with Crippen molar-refractivity contribution < 1.29 is 4.74 Å². The van der Waals surface area contributed by atoms with Crippen molar-refractivity contribution in [1.29, 1.82) is 0 Å². The van der Waals surface area contributed by atoms with Crippen LogP contribution in [-0.4, -0.2) is 20.3 Å². The van der Waals surface area contributed by atoms with Crippen molar-refractivity contribution in [3.05, 3.63) is 36.3 Å². The lowest BCUT2D eigenvalue weighted by Gasteiger charge is -2.20. The van der Waals surface area contributed by atoms with Crippen molar-refractivity contribution in [1.82, 2.24) is 20.1 Å². The Morgan fingerprint density at radius 1 is 1.24 bits per heavy atom. The van der Waals surface area contributed by atoms with Crippen LogP contribution in [0.1, 0.15) is 46.2 Å². The van der Waals surface area contributed by atoms with E-state index in [1.165, 1.54) is 0 Å². The first-order valence-electron chi connectivity index (χ1n) is 7.25. The molecule has 0 amide bonds. The SMILES string of the molecule is CC(C)n1cc(Oc2ccc(CNC(C)(C)C)cn2)cn1. The standard InChI is InChI=1S/C16H24N4O/c1-12(2)20-11-14(10-19-20)21-15-7-6-13(8-17-15)9-18-16(3,4)5/h6-8,10-12,18H,9H2,1-5H3. The summed E-state index contributed by atoms with van der Waals surface area (Å²) in [5.41, 5.74) is 1.23. The summed E-state index contributed by atoms with van der Waals surface area (Å²) in [5, 5.41) is 7.67. The lowest BCUT2D eigenvalue weighted by atomic mass is 10.1. The van der Waals surface area contributed by atoms with Gasteiger partial charge in [0.05, 0.1) is 12.4 Å². The van der Waals surface area contributed by atoms with Gasteiger partial charge in [0, 0.05) is 30.4 Å². The van der Waals surface area contributed by atoms with Crippen molar-refractivity contribution in [3.8, 4) is 11.6 Å². The number of hydrogen-bond acceptors (Lipinski definition) is 4. The molecule has 0 bridgehead atoms. The number of ether oxygens (including phenoxy) is 1. The summed E-state index contributed by atoms with van der Waals surface area (Å²) < 4.78 is 7.55. The van der Waals surface area contributed by atoms with Crippen LogP contribution in [0.25, 0.3) is 0 Å². The zero-order valence-electron chi connectivity index (χ0n) is 13.4.